The van der Waals surface area contributed by atoms with Gasteiger partial charge in [0.25, 0.3) is 0 Å². The minimum atomic E-state index is 0. The molecule has 2 atom stereocenters. The molecule has 19 heavy (non-hydrogen) atoms. The normalized spacial score (nSPS) is 13.2. The van der Waals surface area contributed by atoms with Gasteiger partial charge in [-0.3, -0.25) is 4.79 Å². The molecule has 0 bridgehead atoms. The molecule has 3 nitrogen and oxygen atoms in total. The van der Waals surface area contributed by atoms with Gasteiger partial charge in [0.15, 0.2) is 0 Å². The van der Waals surface area contributed by atoms with E-state index in [9.17, 15) is 4.79 Å². The molecule has 0 fully saturated rings. The summed E-state index contributed by atoms with van der Waals surface area (Å²) in [7, 11) is 0. The number of carbonyl (C=O) groups is 1. The minimum absolute atomic E-state index is 0. The topological polar surface area (TPSA) is 55.1 Å². The molecule has 1 amide bonds. The number of hydrogen-bond acceptors (Lipinski definition) is 2. The summed E-state index contributed by atoms with van der Waals surface area (Å²) in [4.78, 5) is 11.6. The van der Waals surface area contributed by atoms with Gasteiger partial charge in [0.05, 0.1) is 0 Å². The molecule has 1 aromatic carbocycles. The fraction of sp³-hybridized carbons (Fsp3) is 0.533. The van der Waals surface area contributed by atoms with Gasteiger partial charge < -0.3 is 11.1 Å². The quantitative estimate of drug-likeness (QED) is 0.809. The first-order valence-electron chi connectivity index (χ1n) is 6.70. The van der Waals surface area contributed by atoms with Crippen LogP contribution >= 0.6 is 12.4 Å². The molecule has 0 heterocycles. The smallest absolute Gasteiger partial charge is 0.220 e. The van der Waals surface area contributed by atoms with E-state index in [0.717, 1.165) is 12.8 Å². The first-order chi connectivity index (χ1) is 8.63. The van der Waals surface area contributed by atoms with Crippen molar-refractivity contribution < 1.29 is 4.79 Å². The maximum atomic E-state index is 11.6. The number of nitrogens with two attached hydrogens (primary N) is 1. The first-order valence-corrected chi connectivity index (χ1v) is 6.70. The molecule has 0 spiro atoms. The Bertz CT molecular complexity index is 354. The molecule has 1 rings (SSSR count). The van der Waals surface area contributed by atoms with Crippen molar-refractivity contribution in [3.63, 3.8) is 0 Å². The van der Waals surface area contributed by atoms with E-state index in [0.29, 0.717) is 18.9 Å². The number of halogens is 1. The van der Waals surface area contributed by atoms with Crippen molar-refractivity contribution in [1.29, 1.82) is 0 Å². The predicted octanol–water partition coefficient (Wildman–Crippen LogP) is 2.85. The lowest BCUT2D eigenvalue weighted by molar-refractivity contribution is -0.121. The second-order valence-corrected chi connectivity index (χ2v) is 4.84. The lowest BCUT2D eigenvalue weighted by Gasteiger charge is -2.16. The molecular weight excluding hydrogens is 260 g/mol. The molecule has 0 aliphatic rings. The van der Waals surface area contributed by atoms with Crippen molar-refractivity contribution >= 4 is 18.3 Å². The average Bonchev–Trinajstić information content (AvgIpc) is 2.38. The summed E-state index contributed by atoms with van der Waals surface area (Å²) in [5.41, 5.74) is 6.92. The van der Waals surface area contributed by atoms with E-state index in [2.05, 4.69) is 24.4 Å². The summed E-state index contributed by atoms with van der Waals surface area (Å²) in [6.07, 6.45) is 2.29. The van der Waals surface area contributed by atoms with Crippen LogP contribution in [0.15, 0.2) is 30.3 Å². The highest BCUT2D eigenvalue weighted by Gasteiger charge is 2.10. The van der Waals surface area contributed by atoms with E-state index in [4.69, 9.17) is 5.73 Å². The summed E-state index contributed by atoms with van der Waals surface area (Å²) in [6.45, 7) is 4.77. The van der Waals surface area contributed by atoms with Crippen molar-refractivity contribution in [3.05, 3.63) is 35.9 Å². The molecular formula is C15H25ClN2O. The molecule has 3 N–H and O–H groups in total. The second kappa shape index (κ2) is 9.82. The van der Waals surface area contributed by atoms with E-state index in [1.807, 2.05) is 25.1 Å². The number of nitrogens with one attached hydrogen (secondary N) is 1. The van der Waals surface area contributed by atoms with Gasteiger partial charge in [-0.2, -0.15) is 0 Å². The summed E-state index contributed by atoms with van der Waals surface area (Å²) >= 11 is 0. The standard InChI is InChI=1S/C15H24N2O.ClH/c1-3-13(14-7-5-4-6-8-14)11-17-15(18)10-9-12(2)16;/h4-8,12-13H,3,9-11,16H2,1-2H3,(H,17,18);1H. The zero-order valence-corrected chi connectivity index (χ0v) is 12.6. The summed E-state index contributed by atoms with van der Waals surface area (Å²) in [5.74, 6) is 0.493. The largest absolute Gasteiger partial charge is 0.355 e. The van der Waals surface area contributed by atoms with Crippen LogP contribution in [0.3, 0.4) is 0 Å². The zero-order valence-electron chi connectivity index (χ0n) is 11.8. The Morgan fingerprint density at radius 1 is 1.32 bits per heavy atom. The SMILES string of the molecule is CCC(CNC(=O)CCC(C)N)c1ccccc1.Cl. The van der Waals surface area contributed by atoms with Crippen molar-refractivity contribution in [2.75, 3.05) is 6.54 Å². The Labute approximate surface area is 122 Å². The summed E-state index contributed by atoms with van der Waals surface area (Å²) < 4.78 is 0. The molecule has 108 valence electrons. The van der Waals surface area contributed by atoms with Crippen molar-refractivity contribution in [2.24, 2.45) is 5.73 Å². The maximum absolute atomic E-state index is 11.6. The van der Waals surface area contributed by atoms with Crippen LogP contribution in [0.5, 0.6) is 0 Å². The van der Waals surface area contributed by atoms with Crippen LogP contribution in [0.2, 0.25) is 0 Å². The lowest BCUT2D eigenvalue weighted by Crippen LogP contribution is -2.29. The Morgan fingerprint density at radius 2 is 1.95 bits per heavy atom. The summed E-state index contributed by atoms with van der Waals surface area (Å²) in [6, 6.07) is 10.4. The van der Waals surface area contributed by atoms with E-state index >= 15 is 0 Å². The maximum Gasteiger partial charge on any atom is 0.220 e. The highest BCUT2D eigenvalue weighted by Crippen LogP contribution is 2.17. The first kappa shape index (κ1) is 17.9. The third kappa shape index (κ3) is 7.19. The molecule has 0 aromatic heterocycles. The summed E-state index contributed by atoms with van der Waals surface area (Å²) in [5, 5.41) is 2.99. The Hall–Kier alpha value is -1.06. The molecule has 2 unspecified atom stereocenters. The van der Waals surface area contributed by atoms with E-state index in [1.165, 1.54) is 5.56 Å². The lowest BCUT2D eigenvalue weighted by atomic mass is 9.96. The fourth-order valence-electron chi connectivity index (χ4n) is 1.91. The number of carbonyl (C=O) groups excluding carboxylic acids is 1. The van der Waals surface area contributed by atoms with Crippen molar-refractivity contribution in [2.45, 2.75) is 45.1 Å². The Morgan fingerprint density at radius 3 is 2.47 bits per heavy atom. The molecule has 4 heteroatoms. The molecule has 0 aliphatic carbocycles. The van der Waals surface area contributed by atoms with Gasteiger partial charge in [-0.05, 0) is 25.3 Å². The highest BCUT2D eigenvalue weighted by atomic mass is 35.5. The van der Waals surface area contributed by atoms with Gasteiger partial charge in [0.1, 0.15) is 0 Å². The van der Waals surface area contributed by atoms with Crippen LogP contribution in [-0.2, 0) is 4.79 Å². The van der Waals surface area contributed by atoms with Crippen LogP contribution < -0.4 is 11.1 Å². The second-order valence-electron chi connectivity index (χ2n) is 4.84. The zero-order chi connectivity index (χ0) is 13.4. The number of hydrogen-bond donors (Lipinski definition) is 2. The van der Waals surface area contributed by atoms with Gasteiger partial charge >= 0.3 is 0 Å². The van der Waals surface area contributed by atoms with Gasteiger partial charge in [-0.25, -0.2) is 0 Å². The third-order valence-corrected chi connectivity index (χ3v) is 3.14. The predicted molar refractivity (Wildman–Crippen MR) is 82.6 cm³/mol. The molecule has 0 aliphatic heterocycles. The van der Waals surface area contributed by atoms with E-state index in [1.54, 1.807) is 0 Å². The van der Waals surface area contributed by atoms with Crippen molar-refractivity contribution in [1.82, 2.24) is 5.32 Å². The van der Waals surface area contributed by atoms with Gasteiger partial charge in [-0.1, -0.05) is 37.3 Å². The van der Waals surface area contributed by atoms with Crippen LogP contribution in [0.25, 0.3) is 0 Å². The average molecular weight is 285 g/mol. The number of amides is 1. The number of benzene rings is 1. The molecule has 0 saturated carbocycles. The van der Waals surface area contributed by atoms with Crippen LogP contribution in [0.1, 0.15) is 44.6 Å². The van der Waals surface area contributed by atoms with Crippen LogP contribution in [0, 0.1) is 0 Å². The van der Waals surface area contributed by atoms with E-state index < -0.39 is 0 Å². The molecule has 1 aromatic rings. The van der Waals surface area contributed by atoms with Crippen LogP contribution in [0.4, 0.5) is 0 Å². The van der Waals surface area contributed by atoms with Gasteiger partial charge in [0, 0.05) is 24.9 Å². The Kier molecular flexibility index (Phi) is 9.27. The van der Waals surface area contributed by atoms with Crippen LogP contribution in [-0.4, -0.2) is 18.5 Å². The minimum Gasteiger partial charge on any atom is -0.355 e. The Balaban J connectivity index is 0.00000324. The highest BCUT2D eigenvalue weighted by molar-refractivity contribution is 5.85. The monoisotopic (exact) mass is 284 g/mol. The van der Waals surface area contributed by atoms with Crippen molar-refractivity contribution in [3.8, 4) is 0 Å². The van der Waals surface area contributed by atoms with Gasteiger partial charge in [-0.15, -0.1) is 12.4 Å². The molecule has 0 radical (unpaired) electrons. The third-order valence-electron chi connectivity index (χ3n) is 3.14. The number of rotatable bonds is 7. The van der Waals surface area contributed by atoms with E-state index in [-0.39, 0.29) is 24.4 Å². The van der Waals surface area contributed by atoms with Gasteiger partial charge in [0.2, 0.25) is 5.91 Å². The fourth-order valence-corrected chi connectivity index (χ4v) is 1.91. The molecule has 0 saturated heterocycles.